The van der Waals surface area contributed by atoms with Crippen molar-refractivity contribution < 1.29 is 9.90 Å². The van der Waals surface area contributed by atoms with Gasteiger partial charge >= 0.3 is 5.97 Å². The van der Waals surface area contributed by atoms with Gasteiger partial charge in [-0.1, -0.05) is 20.3 Å². The second-order valence-electron chi connectivity index (χ2n) is 4.71. The highest BCUT2D eigenvalue weighted by Crippen LogP contribution is 2.36. The Hall–Kier alpha value is -0.570. The van der Waals surface area contributed by atoms with Crippen molar-refractivity contribution in [1.82, 2.24) is 0 Å². The van der Waals surface area contributed by atoms with Gasteiger partial charge in [-0.3, -0.25) is 4.79 Å². The second kappa shape index (κ2) is 4.78. The average molecular weight is 199 g/mol. The Morgan fingerprint density at radius 3 is 2.50 bits per heavy atom. The molecule has 0 radical (unpaired) electrons. The number of carboxylic acids is 1. The molecule has 0 aliphatic heterocycles. The molecule has 3 heteroatoms. The lowest BCUT2D eigenvalue weighted by Gasteiger charge is -2.34. The van der Waals surface area contributed by atoms with Gasteiger partial charge in [0.2, 0.25) is 0 Å². The molecule has 0 bridgehead atoms. The highest BCUT2D eigenvalue weighted by Gasteiger charge is 2.32. The number of hydrogen-bond donors (Lipinski definition) is 2. The van der Waals surface area contributed by atoms with Crippen LogP contribution in [-0.4, -0.2) is 17.6 Å². The Morgan fingerprint density at radius 1 is 1.43 bits per heavy atom. The maximum absolute atomic E-state index is 10.9. The largest absolute Gasteiger partial charge is 0.481 e. The van der Waals surface area contributed by atoms with Crippen molar-refractivity contribution in [3.8, 4) is 0 Å². The molecule has 1 saturated carbocycles. The minimum atomic E-state index is -0.723. The van der Waals surface area contributed by atoms with E-state index in [1.807, 2.05) is 0 Å². The van der Waals surface area contributed by atoms with Crippen LogP contribution >= 0.6 is 0 Å². The van der Waals surface area contributed by atoms with Crippen molar-refractivity contribution in [1.29, 1.82) is 0 Å². The first-order valence-corrected chi connectivity index (χ1v) is 5.49. The van der Waals surface area contributed by atoms with E-state index in [2.05, 4.69) is 13.8 Å². The summed E-state index contributed by atoms with van der Waals surface area (Å²) in [4.78, 5) is 10.9. The van der Waals surface area contributed by atoms with E-state index in [1.165, 1.54) is 0 Å². The molecule has 14 heavy (non-hydrogen) atoms. The number of hydrogen-bond acceptors (Lipinski definition) is 2. The van der Waals surface area contributed by atoms with Crippen LogP contribution in [0.25, 0.3) is 0 Å². The summed E-state index contributed by atoms with van der Waals surface area (Å²) in [6.45, 7) is 4.74. The Kier molecular flexibility index (Phi) is 3.93. The molecule has 1 rings (SSSR count). The van der Waals surface area contributed by atoms with Crippen LogP contribution in [0.3, 0.4) is 0 Å². The standard InChI is InChI=1S/C11H21NO2/c1-7-3-4-9(5-8(7)2)10(6-12)11(13)14/h7-10H,3-6,12H2,1-2H3,(H,13,14). The summed E-state index contributed by atoms with van der Waals surface area (Å²) in [5.74, 6) is 0.619. The van der Waals surface area contributed by atoms with E-state index in [0.717, 1.165) is 25.2 Å². The van der Waals surface area contributed by atoms with Crippen LogP contribution in [0.4, 0.5) is 0 Å². The molecule has 0 saturated heterocycles. The molecule has 1 fully saturated rings. The lowest BCUT2D eigenvalue weighted by atomic mass is 9.71. The molecule has 0 heterocycles. The summed E-state index contributed by atoms with van der Waals surface area (Å²) < 4.78 is 0. The van der Waals surface area contributed by atoms with Crippen molar-refractivity contribution in [2.75, 3.05) is 6.54 Å². The van der Waals surface area contributed by atoms with Gasteiger partial charge in [0.15, 0.2) is 0 Å². The van der Waals surface area contributed by atoms with Gasteiger partial charge in [0.05, 0.1) is 5.92 Å². The van der Waals surface area contributed by atoms with Gasteiger partial charge in [-0.25, -0.2) is 0 Å². The van der Waals surface area contributed by atoms with Crippen molar-refractivity contribution in [2.24, 2.45) is 29.4 Å². The zero-order chi connectivity index (χ0) is 10.7. The first kappa shape index (κ1) is 11.5. The maximum Gasteiger partial charge on any atom is 0.308 e. The summed E-state index contributed by atoms with van der Waals surface area (Å²) in [5.41, 5.74) is 5.50. The monoisotopic (exact) mass is 199 g/mol. The lowest BCUT2D eigenvalue weighted by Crippen LogP contribution is -2.35. The van der Waals surface area contributed by atoms with E-state index >= 15 is 0 Å². The fraction of sp³-hybridized carbons (Fsp3) is 0.909. The maximum atomic E-state index is 10.9. The normalized spacial score (nSPS) is 35.2. The van der Waals surface area contributed by atoms with Crippen LogP contribution in [0.2, 0.25) is 0 Å². The van der Waals surface area contributed by atoms with E-state index < -0.39 is 5.97 Å². The number of carbonyl (C=O) groups is 1. The molecule has 1 aliphatic rings. The highest BCUT2D eigenvalue weighted by molar-refractivity contribution is 5.70. The third-order valence-electron chi connectivity index (χ3n) is 3.78. The summed E-state index contributed by atoms with van der Waals surface area (Å²) in [7, 11) is 0. The van der Waals surface area contributed by atoms with E-state index in [9.17, 15) is 4.79 Å². The summed E-state index contributed by atoms with van der Waals surface area (Å²) in [6.07, 6.45) is 3.20. The topological polar surface area (TPSA) is 63.3 Å². The third kappa shape index (κ3) is 2.47. The fourth-order valence-corrected chi connectivity index (χ4v) is 2.45. The number of nitrogens with two attached hydrogens (primary N) is 1. The van der Waals surface area contributed by atoms with Gasteiger partial charge in [0.25, 0.3) is 0 Å². The molecule has 4 unspecified atom stereocenters. The van der Waals surface area contributed by atoms with Gasteiger partial charge in [0.1, 0.15) is 0 Å². The van der Waals surface area contributed by atoms with Crippen molar-refractivity contribution in [3.05, 3.63) is 0 Å². The van der Waals surface area contributed by atoms with Gasteiger partial charge in [0, 0.05) is 6.54 Å². The average Bonchev–Trinajstić information content (AvgIpc) is 2.11. The van der Waals surface area contributed by atoms with Gasteiger partial charge < -0.3 is 10.8 Å². The summed E-state index contributed by atoms with van der Waals surface area (Å²) in [6, 6.07) is 0. The Bertz CT molecular complexity index is 205. The van der Waals surface area contributed by atoms with Crippen molar-refractivity contribution in [2.45, 2.75) is 33.1 Å². The number of aliphatic carboxylic acids is 1. The van der Waals surface area contributed by atoms with Crippen molar-refractivity contribution in [3.63, 3.8) is 0 Å². The fourth-order valence-electron chi connectivity index (χ4n) is 2.45. The second-order valence-corrected chi connectivity index (χ2v) is 4.71. The minimum Gasteiger partial charge on any atom is -0.481 e. The van der Waals surface area contributed by atoms with E-state index in [4.69, 9.17) is 10.8 Å². The zero-order valence-corrected chi connectivity index (χ0v) is 9.07. The Balaban J connectivity index is 2.56. The van der Waals surface area contributed by atoms with E-state index in [-0.39, 0.29) is 12.5 Å². The van der Waals surface area contributed by atoms with Crippen LogP contribution in [0.1, 0.15) is 33.1 Å². The molecular weight excluding hydrogens is 178 g/mol. The predicted octanol–water partition coefficient (Wildman–Crippen LogP) is 1.72. The first-order valence-electron chi connectivity index (χ1n) is 5.49. The molecule has 0 aromatic carbocycles. The van der Waals surface area contributed by atoms with Gasteiger partial charge in [-0.2, -0.15) is 0 Å². The molecule has 4 atom stereocenters. The van der Waals surface area contributed by atoms with Crippen LogP contribution in [0.15, 0.2) is 0 Å². The molecular formula is C11H21NO2. The van der Waals surface area contributed by atoms with Crippen LogP contribution in [0.5, 0.6) is 0 Å². The number of rotatable bonds is 3. The molecule has 1 aliphatic carbocycles. The predicted molar refractivity (Wildman–Crippen MR) is 55.8 cm³/mol. The lowest BCUT2D eigenvalue weighted by molar-refractivity contribution is -0.144. The molecule has 82 valence electrons. The van der Waals surface area contributed by atoms with E-state index in [1.54, 1.807) is 0 Å². The smallest absolute Gasteiger partial charge is 0.308 e. The number of carboxylic acid groups (broad SMARTS) is 1. The van der Waals surface area contributed by atoms with Gasteiger partial charge in [-0.05, 0) is 30.6 Å². The van der Waals surface area contributed by atoms with Crippen LogP contribution < -0.4 is 5.73 Å². The Labute approximate surface area is 85.7 Å². The molecule has 0 aromatic rings. The summed E-state index contributed by atoms with van der Waals surface area (Å²) >= 11 is 0. The summed E-state index contributed by atoms with van der Waals surface area (Å²) in [5, 5.41) is 9.00. The molecule has 3 N–H and O–H groups in total. The van der Waals surface area contributed by atoms with Gasteiger partial charge in [-0.15, -0.1) is 0 Å². The Morgan fingerprint density at radius 2 is 2.07 bits per heavy atom. The molecule has 0 spiro atoms. The van der Waals surface area contributed by atoms with E-state index in [0.29, 0.717) is 11.8 Å². The van der Waals surface area contributed by atoms with Crippen LogP contribution in [-0.2, 0) is 4.79 Å². The first-order chi connectivity index (χ1) is 6.56. The molecule has 0 amide bonds. The molecule has 3 nitrogen and oxygen atoms in total. The van der Waals surface area contributed by atoms with Crippen molar-refractivity contribution >= 4 is 5.97 Å². The third-order valence-corrected chi connectivity index (χ3v) is 3.78. The minimum absolute atomic E-state index is 0.279. The highest BCUT2D eigenvalue weighted by atomic mass is 16.4. The quantitative estimate of drug-likeness (QED) is 0.727. The molecule has 0 aromatic heterocycles. The van der Waals surface area contributed by atoms with Crippen LogP contribution in [0, 0.1) is 23.7 Å². The SMILES string of the molecule is CC1CCC(C(CN)C(=O)O)CC1C. The zero-order valence-electron chi connectivity index (χ0n) is 9.07.